The molecule has 1 aromatic heterocycles. The zero-order valence-corrected chi connectivity index (χ0v) is 14.4. The fourth-order valence-corrected chi connectivity index (χ4v) is 3.64. The lowest BCUT2D eigenvalue weighted by atomic mass is 10.0. The zero-order chi connectivity index (χ0) is 16.7. The first-order valence-electron chi connectivity index (χ1n) is 8.22. The largest absolute Gasteiger partial charge is 0.358 e. The van der Waals surface area contributed by atoms with Crippen molar-refractivity contribution in [3.8, 4) is 0 Å². The minimum absolute atomic E-state index is 0.159. The van der Waals surface area contributed by atoms with E-state index >= 15 is 0 Å². The van der Waals surface area contributed by atoms with Crippen molar-refractivity contribution in [1.82, 2.24) is 9.88 Å². The van der Waals surface area contributed by atoms with Gasteiger partial charge in [0.05, 0.1) is 0 Å². The van der Waals surface area contributed by atoms with Gasteiger partial charge in [-0.05, 0) is 30.7 Å². The Morgan fingerprint density at radius 1 is 1.21 bits per heavy atom. The van der Waals surface area contributed by atoms with Crippen molar-refractivity contribution in [3.05, 3.63) is 80.1 Å². The van der Waals surface area contributed by atoms with Crippen LogP contribution in [0.4, 0.5) is 0 Å². The van der Waals surface area contributed by atoms with Crippen LogP contribution in [0.1, 0.15) is 22.4 Å². The van der Waals surface area contributed by atoms with Crippen LogP contribution in [0.15, 0.2) is 47.3 Å². The van der Waals surface area contributed by atoms with Gasteiger partial charge in [0.1, 0.15) is 0 Å². The quantitative estimate of drug-likeness (QED) is 0.765. The molecule has 0 atom stereocenters. The number of hydrogen-bond donors (Lipinski definition) is 1. The lowest BCUT2D eigenvalue weighted by Crippen LogP contribution is -2.34. The molecule has 4 rings (SSSR count). The smallest absolute Gasteiger partial charge is 0.194 e. The lowest BCUT2D eigenvalue weighted by molar-refractivity contribution is 0.243. The molecule has 2 aromatic carbocycles. The van der Waals surface area contributed by atoms with Gasteiger partial charge in [0.15, 0.2) is 5.43 Å². The molecular weight excluding hydrogens is 320 g/mol. The summed E-state index contributed by atoms with van der Waals surface area (Å²) in [5.74, 6) is 0. The molecule has 0 spiro atoms. The molecule has 0 unspecified atom stereocenters. The maximum atomic E-state index is 12.9. The van der Waals surface area contributed by atoms with Crippen LogP contribution in [0.3, 0.4) is 0 Å². The summed E-state index contributed by atoms with van der Waals surface area (Å²) in [5.41, 5.74) is 5.28. The summed E-state index contributed by atoms with van der Waals surface area (Å²) in [4.78, 5) is 18.7. The van der Waals surface area contributed by atoms with Gasteiger partial charge < -0.3 is 4.98 Å². The van der Waals surface area contributed by atoms with E-state index in [1.807, 2.05) is 49.4 Å². The van der Waals surface area contributed by atoms with Gasteiger partial charge in [0, 0.05) is 53.2 Å². The van der Waals surface area contributed by atoms with E-state index in [4.69, 9.17) is 11.6 Å². The summed E-state index contributed by atoms with van der Waals surface area (Å²) in [6, 6.07) is 13.9. The van der Waals surface area contributed by atoms with E-state index in [1.54, 1.807) is 0 Å². The minimum Gasteiger partial charge on any atom is -0.358 e. The topological polar surface area (TPSA) is 36.1 Å². The Kier molecular flexibility index (Phi) is 3.91. The van der Waals surface area contributed by atoms with E-state index in [9.17, 15) is 4.79 Å². The number of halogens is 1. The van der Waals surface area contributed by atoms with E-state index < -0.39 is 0 Å². The van der Waals surface area contributed by atoms with E-state index in [0.29, 0.717) is 6.54 Å². The molecule has 24 heavy (non-hydrogen) atoms. The van der Waals surface area contributed by atoms with Crippen LogP contribution in [-0.4, -0.2) is 16.4 Å². The van der Waals surface area contributed by atoms with Gasteiger partial charge in [-0.2, -0.15) is 0 Å². The maximum Gasteiger partial charge on any atom is 0.194 e. The van der Waals surface area contributed by atoms with Gasteiger partial charge in [-0.15, -0.1) is 0 Å². The molecule has 0 fully saturated rings. The molecule has 0 amide bonds. The monoisotopic (exact) mass is 338 g/mol. The fraction of sp³-hybridized carbons (Fsp3) is 0.250. The van der Waals surface area contributed by atoms with Gasteiger partial charge >= 0.3 is 0 Å². The van der Waals surface area contributed by atoms with Crippen molar-refractivity contribution in [2.24, 2.45) is 0 Å². The minimum atomic E-state index is 0.159. The zero-order valence-electron chi connectivity index (χ0n) is 13.6. The second-order valence-corrected chi connectivity index (χ2v) is 6.92. The van der Waals surface area contributed by atoms with Crippen LogP contribution in [0.25, 0.3) is 10.9 Å². The van der Waals surface area contributed by atoms with E-state index in [1.165, 1.54) is 0 Å². The Hall–Kier alpha value is -2.10. The molecule has 0 radical (unpaired) electrons. The van der Waals surface area contributed by atoms with Crippen LogP contribution < -0.4 is 5.43 Å². The average molecular weight is 339 g/mol. The van der Waals surface area contributed by atoms with Gasteiger partial charge in [0.25, 0.3) is 0 Å². The molecule has 1 aliphatic heterocycles. The normalized spacial score (nSPS) is 14.8. The number of nitrogens with one attached hydrogen (secondary N) is 1. The highest BCUT2D eigenvalue weighted by molar-refractivity contribution is 6.31. The predicted octanol–water partition coefficient (Wildman–Crippen LogP) is 4.05. The number of aromatic amines is 1. The highest BCUT2D eigenvalue weighted by Gasteiger charge is 2.21. The molecule has 3 nitrogen and oxygen atoms in total. The summed E-state index contributed by atoms with van der Waals surface area (Å²) in [5, 5.41) is 1.57. The van der Waals surface area contributed by atoms with Crippen molar-refractivity contribution in [2.75, 3.05) is 6.54 Å². The maximum absolute atomic E-state index is 12.9. The molecular formula is C20H19ClN2O. The predicted molar refractivity (Wildman–Crippen MR) is 98.6 cm³/mol. The van der Waals surface area contributed by atoms with Crippen molar-refractivity contribution in [2.45, 2.75) is 26.4 Å². The Morgan fingerprint density at radius 3 is 2.88 bits per heavy atom. The number of fused-ring (bicyclic) bond motifs is 2. The third-order valence-corrected chi connectivity index (χ3v) is 5.12. The molecule has 1 N–H and O–H groups in total. The number of nitrogens with zero attached hydrogens (tertiary/aromatic N) is 1. The summed E-state index contributed by atoms with van der Waals surface area (Å²) in [6.07, 6.45) is 0.860. The van der Waals surface area contributed by atoms with E-state index in [0.717, 1.165) is 57.8 Å². The molecule has 3 aromatic rings. The van der Waals surface area contributed by atoms with Gasteiger partial charge in [-0.1, -0.05) is 41.4 Å². The number of benzene rings is 2. The first-order chi connectivity index (χ1) is 11.6. The highest BCUT2D eigenvalue weighted by Crippen LogP contribution is 2.23. The third kappa shape index (κ3) is 2.74. The number of aryl methyl sites for hydroxylation is 1. The average Bonchev–Trinajstić information content (AvgIpc) is 2.58. The van der Waals surface area contributed by atoms with Crippen molar-refractivity contribution >= 4 is 22.5 Å². The number of aromatic nitrogens is 1. The number of hydrogen-bond acceptors (Lipinski definition) is 2. The molecule has 0 aliphatic carbocycles. The first kappa shape index (κ1) is 15.4. The second-order valence-electron chi connectivity index (χ2n) is 6.51. The molecule has 122 valence electrons. The molecule has 1 aliphatic rings. The molecule has 0 saturated carbocycles. The Bertz CT molecular complexity index is 977. The number of rotatable bonds is 2. The summed E-state index contributed by atoms with van der Waals surface area (Å²) < 4.78 is 0. The molecule has 4 heteroatoms. The third-order valence-electron chi connectivity index (χ3n) is 4.76. The molecule has 0 bridgehead atoms. The van der Waals surface area contributed by atoms with Crippen LogP contribution in [0.2, 0.25) is 5.02 Å². The summed E-state index contributed by atoms with van der Waals surface area (Å²) in [7, 11) is 0. The van der Waals surface area contributed by atoms with Crippen molar-refractivity contribution < 1.29 is 0 Å². The van der Waals surface area contributed by atoms with Crippen LogP contribution in [0, 0.1) is 6.92 Å². The fourth-order valence-electron chi connectivity index (χ4n) is 3.45. The van der Waals surface area contributed by atoms with E-state index in [2.05, 4.69) is 9.88 Å². The second kappa shape index (κ2) is 6.08. The summed E-state index contributed by atoms with van der Waals surface area (Å²) in [6.45, 7) is 4.37. The molecule has 2 heterocycles. The number of H-pyrrole nitrogens is 1. The highest BCUT2D eigenvalue weighted by atomic mass is 35.5. The van der Waals surface area contributed by atoms with Crippen molar-refractivity contribution in [1.29, 1.82) is 0 Å². The Morgan fingerprint density at radius 2 is 2.04 bits per heavy atom. The van der Waals surface area contributed by atoms with Gasteiger partial charge in [-0.25, -0.2) is 0 Å². The number of pyridine rings is 1. The molecule has 0 saturated heterocycles. The van der Waals surface area contributed by atoms with Crippen LogP contribution in [-0.2, 0) is 19.5 Å². The Balaban J connectivity index is 1.69. The SMILES string of the molecule is Cc1ccc2[nH]c3c(c(=O)c2c1)CN(Cc1ccccc1Cl)CC3. The van der Waals surface area contributed by atoms with Gasteiger partial charge in [-0.3, -0.25) is 9.69 Å². The van der Waals surface area contributed by atoms with Gasteiger partial charge in [0.2, 0.25) is 0 Å². The van der Waals surface area contributed by atoms with Crippen LogP contribution >= 0.6 is 11.6 Å². The van der Waals surface area contributed by atoms with E-state index in [-0.39, 0.29) is 5.43 Å². The summed E-state index contributed by atoms with van der Waals surface area (Å²) >= 11 is 6.28. The standard InChI is InChI=1S/C20H19ClN2O/c1-13-6-7-18-15(10-13)20(24)16-12-23(9-8-19(16)22-18)11-14-4-2-3-5-17(14)21/h2-7,10H,8-9,11-12H2,1H3,(H,22,24). The lowest BCUT2D eigenvalue weighted by Gasteiger charge is -2.28. The Labute approximate surface area is 145 Å². The van der Waals surface area contributed by atoms with Crippen molar-refractivity contribution in [3.63, 3.8) is 0 Å². The van der Waals surface area contributed by atoms with Crippen LogP contribution in [0.5, 0.6) is 0 Å². The first-order valence-corrected chi connectivity index (χ1v) is 8.60.